The third-order valence-corrected chi connectivity index (χ3v) is 4.02. The number of aromatic nitrogens is 5. The minimum absolute atomic E-state index is 0.118. The molecule has 0 radical (unpaired) electrons. The summed E-state index contributed by atoms with van der Waals surface area (Å²) >= 11 is 0. The molecule has 10 nitrogen and oxygen atoms in total. The minimum atomic E-state index is -0.363. The highest BCUT2D eigenvalue weighted by Gasteiger charge is 2.15. The first-order chi connectivity index (χ1) is 12.5. The molecule has 1 aliphatic rings. The number of carbonyl (C=O) groups is 2. The molecule has 0 saturated carbocycles. The number of nitrogens with zero attached hydrogens (tertiary/aromatic N) is 3. The first-order valence-corrected chi connectivity index (χ1v) is 8.37. The van der Waals surface area contributed by atoms with Gasteiger partial charge in [0, 0.05) is 24.2 Å². The minimum Gasteiger partial charge on any atom is -0.483 e. The highest BCUT2D eigenvalue weighted by atomic mass is 16.3. The Bertz CT molecular complexity index is 813. The van der Waals surface area contributed by atoms with Crippen LogP contribution in [-0.2, 0) is 35.4 Å². The SMILES string of the molecule is Cc1nc(CNC(=O)CCc2n[nH]c(=O)[nH]2)nc2c1CCCC2.O=CO. The monoisotopic (exact) mass is 362 g/mol. The van der Waals surface area contributed by atoms with Crippen molar-refractivity contribution in [1.29, 1.82) is 0 Å². The highest BCUT2D eigenvalue weighted by molar-refractivity contribution is 5.75. The zero-order chi connectivity index (χ0) is 18.9. The van der Waals surface area contributed by atoms with E-state index < -0.39 is 0 Å². The molecule has 0 unspecified atom stereocenters. The van der Waals surface area contributed by atoms with Gasteiger partial charge in [-0.3, -0.25) is 14.6 Å². The van der Waals surface area contributed by atoms with Crippen LogP contribution in [0.15, 0.2) is 4.79 Å². The van der Waals surface area contributed by atoms with Crippen molar-refractivity contribution >= 4 is 12.4 Å². The van der Waals surface area contributed by atoms with Gasteiger partial charge in [-0.15, -0.1) is 0 Å². The molecule has 2 heterocycles. The number of hydrogen-bond acceptors (Lipinski definition) is 6. The van der Waals surface area contributed by atoms with Gasteiger partial charge in [0.05, 0.1) is 6.54 Å². The Morgan fingerprint density at radius 1 is 1.31 bits per heavy atom. The van der Waals surface area contributed by atoms with E-state index in [1.807, 2.05) is 6.92 Å². The third kappa shape index (κ3) is 5.50. The van der Waals surface area contributed by atoms with Crippen molar-refractivity contribution in [2.24, 2.45) is 0 Å². The molecule has 1 amide bonds. The first kappa shape index (κ1) is 19.3. The number of hydrogen-bond donors (Lipinski definition) is 4. The number of rotatable bonds is 5. The molecule has 0 bridgehead atoms. The van der Waals surface area contributed by atoms with Gasteiger partial charge >= 0.3 is 5.69 Å². The van der Waals surface area contributed by atoms with Crippen LogP contribution in [0.25, 0.3) is 0 Å². The predicted octanol–water partition coefficient (Wildman–Crippen LogP) is 0.0250. The van der Waals surface area contributed by atoms with E-state index in [1.165, 1.54) is 12.0 Å². The first-order valence-electron chi connectivity index (χ1n) is 8.37. The molecule has 0 saturated heterocycles. The molecule has 140 valence electrons. The van der Waals surface area contributed by atoms with E-state index in [1.54, 1.807) is 0 Å². The van der Waals surface area contributed by atoms with Gasteiger partial charge in [-0.2, -0.15) is 5.10 Å². The number of aryl methyl sites for hydroxylation is 3. The van der Waals surface area contributed by atoms with Gasteiger partial charge in [-0.25, -0.2) is 19.9 Å². The Morgan fingerprint density at radius 3 is 2.73 bits per heavy atom. The van der Waals surface area contributed by atoms with Crippen LogP contribution >= 0.6 is 0 Å². The number of H-pyrrole nitrogens is 2. The number of nitrogens with one attached hydrogen (secondary N) is 3. The molecule has 2 aromatic rings. The van der Waals surface area contributed by atoms with E-state index >= 15 is 0 Å². The molecule has 0 fully saturated rings. The Labute approximate surface area is 149 Å². The lowest BCUT2D eigenvalue weighted by atomic mass is 9.95. The van der Waals surface area contributed by atoms with Gasteiger partial charge in [0.1, 0.15) is 11.6 Å². The lowest BCUT2D eigenvalue weighted by molar-refractivity contribution is -0.123. The van der Waals surface area contributed by atoms with E-state index in [2.05, 4.69) is 30.5 Å². The number of aromatic amines is 2. The molecule has 0 spiro atoms. The molecule has 1 aliphatic carbocycles. The van der Waals surface area contributed by atoms with E-state index in [4.69, 9.17) is 9.90 Å². The Hall–Kier alpha value is -3.04. The average molecular weight is 362 g/mol. The van der Waals surface area contributed by atoms with Crippen molar-refractivity contribution in [1.82, 2.24) is 30.5 Å². The maximum atomic E-state index is 11.9. The van der Waals surface area contributed by atoms with Gasteiger partial charge in [-0.1, -0.05) is 0 Å². The summed E-state index contributed by atoms with van der Waals surface area (Å²) in [4.78, 5) is 42.7. The molecule has 0 aromatic carbocycles. The van der Waals surface area contributed by atoms with Crippen LogP contribution in [-0.4, -0.2) is 42.6 Å². The smallest absolute Gasteiger partial charge is 0.340 e. The molecular formula is C16H22N6O4. The average Bonchev–Trinajstić information content (AvgIpc) is 3.04. The van der Waals surface area contributed by atoms with Crippen molar-refractivity contribution in [3.05, 3.63) is 39.1 Å². The van der Waals surface area contributed by atoms with Gasteiger partial charge in [0.25, 0.3) is 6.47 Å². The molecule has 10 heteroatoms. The lowest BCUT2D eigenvalue weighted by Crippen LogP contribution is -2.25. The standard InChI is InChI=1S/C15H20N6O2.CH2O2/c1-9-10-4-2-3-5-11(10)18-13(17-9)8-16-14(22)7-6-12-19-15(23)21-20-12;2-1-3/h2-8H2,1H3,(H,16,22)(H2,19,20,21,23);1H,(H,2,3). The van der Waals surface area contributed by atoms with Crippen molar-refractivity contribution in [2.45, 2.75) is 52.0 Å². The van der Waals surface area contributed by atoms with Gasteiger partial charge < -0.3 is 10.4 Å². The van der Waals surface area contributed by atoms with E-state index in [-0.39, 0.29) is 24.5 Å². The molecule has 4 N–H and O–H groups in total. The molecule has 26 heavy (non-hydrogen) atoms. The second kappa shape index (κ2) is 9.44. The molecular weight excluding hydrogens is 340 g/mol. The van der Waals surface area contributed by atoms with E-state index in [0.29, 0.717) is 24.6 Å². The third-order valence-electron chi connectivity index (χ3n) is 4.02. The number of carboxylic acid groups (broad SMARTS) is 1. The fourth-order valence-electron chi connectivity index (χ4n) is 2.84. The van der Waals surface area contributed by atoms with Crippen molar-refractivity contribution in [2.75, 3.05) is 0 Å². The van der Waals surface area contributed by atoms with Gasteiger partial charge in [0.15, 0.2) is 0 Å². The van der Waals surface area contributed by atoms with Crippen LogP contribution in [0.1, 0.15) is 47.9 Å². The number of carbonyl (C=O) groups excluding carboxylic acids is 1. The summed E-state index contributed by atoms with van der Waals surface area (Å²) < 4.78 is 0. The largest absolute Gasteiger partial charge is 0.483 e. The second-order valence-electron chi connectivity index (χ2n) is 5.86. The Morgan fingerprint density at radius 2 is 2.04 bits per heavy atom. The summed E-state index contributed by atoms with van der Waals surface area (Å²) in [5.41, 5.74) is 3.06. The molecule has 0 atom stereocenters. The maximum absolute atomic E-state index is 11.9. The van der Waals surface area contributed by atoms with Crippen LogP contribution in [0.4, 0.5) is 0 Å². The van der Waals surface area contributed by atoms with Crippen LogP contribution < -0.4 is 11.0 Å². The van der Waals surface area contributed by atoms with E-state index in [9.17, 15) is 9.59 Å². The quantitative estimate of drug-likeness (QED) is 0.547. The second-order valence-corrected chi connectivity index (χ2v) is 5.86. The topological polar surface area (TPSA) is 154 Å². The van der Waals surface area contributed by atoms with Crippen LogP contribution in [0.3, 0.4) is 0 Å². The van der Waals surface area contributed by atoms with Crippen LogP contribution in [0, 0.1) is 6.92 Å². The van der Waals surface area contributed by atoms with Crippen LogP contribution in [0.5, 0.6) is 0 Å². The zero-order valence-corrected chi connectivity index (χ0v) is 14.5. The summed E-state index contributed by atoms with van der Waals surface area (Å²) in [6, 6.07) is 0. The van der Waals surface area contributed by atoms with Crippen molar-refractivity contribution in [3.8, 4) is 0 Å². The number of amides is 1. The van der Waals surface area contributed by atoms with Gasteiger partial charge in [-0.05, 0) is 38.2 Å². The van der Waals surface area contributed by atoms with Crippen molar-refractivity contribution < 1.29 is 14.7 Å². The van der Waals surface area contributed by atoms with Gasteiger partial charge in [0.2, 0.25) is 5.91 Å². The summed E-state index contributed by atoms with van der Waals surface area (Å²) in [5, 5.41) is 15.7. The molecule has 3 rings (SSSR count). The summed E-state index contributed by atoms with van der Waals surface area (Å²) in [5.74, 6) is 1.02. The Kier molecular flexibility index (Phi) is 7.01. The summed E-state index contributed by atoms with van der Waals surface area (Å²) in [7, 11) is 0. The Balaban J connectivity index is 0.000000758. The predicted molar refractivity (Wildman–Crippen MR) is 91.5 cm³/mol. The molecule has 0 aliphatic heterocycles. The fourth-order valence-corrected chi connectivity index (χ4v) is 2.84. The molecule has 2 aromatic heterocycles. The zero-order valence-electron chi connectivity index (χ0n) is 14.5. The lowest BCUT2D eigenvalue weighted by Gasteiger charge is -2.17. The number of fused-ring (bicyclic) bond motifs is 1. The van der Waals surface area contributed by atoms with E-state index in [0.717, 1.165) is 30.7 Å². The fraction of sp³-hybridized carbons (Fsp3) is 0.500. The highest BCUT2D eigenvalue weighted by Crippen LogP contribution is 2.21. The van der Waals surface area contributed by atoms with Crippen molar-refractivity contribution in [3.63, 3.8) is 0 Å². The maximum Gasteiger partial charge on any atom is 0.340 e. The van der Waals surface area contributed by atoms with Crippen LogP contribution in [0.2, 0.25) is 0 Å². The summed E-state index contributed by atoms with van der Waals surface area (Å²) in [6.07, 6.45) is 5.04. The normalized spacial score (nSPS) is 12.5. The summed E-state index contributed by atoms with van der Waals surface area (Å²) in [6.45, 7) is 2.08.